The van der Waals surface area contributed by atoms with E-state index >= 15 is 0 Å². The van der Waals surface area contributed by atoms with Crippen molar-refractivity contribution in [1.29, 1.82) is 0 Å². The van der Waals surface area contributed by atoms with Crippen LogP contribution in [0.3, 0.4) is 0 Å². The molecule has 208 valence electrons. The molecule has 0 radical (unpaired) electrons. The zero-order valence-corrected chi connectivity index (χ0v) is 22.5. The second kappa shape index (κ2) is 10.7. The fourth-order valence-corrected chi connectivity index (χ4v) is 6.71. The van der Waals surface area contributed by atoms with Crippen LogP contribution in [-0.4, -0.2) is 41.7 Å². The summed E-state index contributed by atoms with van der Waals surface area (Å²) < 4.78 is 68.7. The predicted octanol–water partition coefficient (Wildman–Crippen LogP) is 6.29. The summed E-state index contributed by atoms with van der Waals surface area (Å²) in [5.74, 6) is -0.623. The Kier molecular flexibility index (Phi) is 7.47. The molecule has 1 aliphatic rings. The highest BCUT2D eigenvalue weighted by atomic mass is 35.5. The van der Waals surface area contributed by atoms with Gasteiger partial charge in [-0.1, -0.05) is 42.3 Å². The standard InChI is InChI=1S/C28H23ClF3N3O4S/c29-24-12-11-19(16-25(24)40(38,39)34-13-4-1-5-14-34)33-17-23-21-9-2-3-10-22(21)26(36)35(27(23)37)20-8-6-7-18(15-20)28(30,31)32/h2-3,6-12,15-17,37H,1,4-5,13-14H2. The van der Waals surface area contributed by atoms with Gasteiger partial charge in [0.25, 0.3) is 5.56 Å². The molecule has 7 nitrogen and oxygen atoms in total. The summed E-state index contributed by atoms with van der Waals surface area (Å²) in [4.78, 5) is 17.5. The lowest BCUT2D eigenvalue weighted by Gasteiger charge is -2.26. The van der Waals surface area contributed by atoms with Gasteiger partial charge in [-0.3, -0.25) is 9.79 Å². The molecule has 2 heterocycles. The summed E-state index contributed by atoms with van der Waals surface area (Å²) in [6.45, 7) is 0.784. The highest BCUT2D eigenvalue weighted by molar-refractivity contribution is 7.89. The topological polar surface area (TPSA) is 92.0 Å². The van der Waals surface area contributed by atoms with Crippen LogP contribution >= 0.6 is 11.6 Å². The van der Waals surface area contributed by atoms with E-state index in [2.05, 4.69) is 4.99 Å². The van der Waals surface area contributed by atoms with Crippen LogP contribution < -0.4 is 5.56 Å². The van der Waals surface area contributed by atoms with E-state index in [0.29, 0.717) is 18.5 Å². The van der Waals surface area contributed by atoms with Crippen LogP contribution in [0.4, 0.5) is 18.9 Å². The van der Waals surface area contributed by atoms with Crippen LogP contribution in [0.1, 0.15) is 30.4 Å². The van der Waals surface area contributed by atoms with Crippen molar-refractivity contribution in [2.45, 2.75) is 30.3 Å². The van der Waals surface area contributed by atoms with Gasteiger partial charge in [0.1, 0.15) is 4.90 Å². The fraction of sp³-hybridized carbons (Fsp3) is 0.214. The second-order valence-corrected chi connectivity index (χ2v) is 11.6. The maximum absolute atomic E-state index is 13.4. The molecule has 0 amide bonds. The molecular formula is C28H23ClF3N3O4S. The number of rotatable bonds is 5. The van der Waals surface area contributed by atoms with E-state index in [1.165, 1.54) is 40.9 Å². The number of pyridine rings is 1. The first-order chi connectivity index (χ1) is 19.0. The van der Waals surface area contributed by atoms with E-state index in [1.54, 1.807) is 18.2 Å². The van der Waals surface area contributed by atoms with Crippen molar-refractivity contribution in [3.8, 4) is 11.6 Å². The molecule has 0 spiro atoms. The monoisotopic (exact) mass is 589 g/mol. The fourth-order valence-electron chi connectivity index (χ4n) is 4.70. The molecule has 5 rings (SSSR count). The van der Waals surface area contributed by atoms with E-state index in [-0.39, 0.29) is 32.2 Å². The van der Waals surface area contributed by atoms with Crippen molar-refractivity contribution in [2.24, 2.45) is 4.99 Å². The minimum Gasteiger partial charge on any atom is -0.494 e. The first kappa shape index (κ1) is 27.9. The molecule has 0 saturated carbocycles. The summed E-state index contributed by atoms with van der Waals surface area (Å²) in [5, 5.41) is 11.7. The summed E-state index contributed by atoms with van der Waals surface area (Å²) >= 11 is 6.26. The first-order valence-corrected chi connectivity index (χ1v) is 14.2. The number of halogens is 4. The number of aromatic nitrogens is 1. The third kappa shape index (κ3) is 5.24. The minimum absolute atomic E-state index is 0.0379. The highest BCUT2D eigenvalue weighted by Gasteiger charge is 2.31. The molecule has 0 bridgehead atoms. The van der Waals surface area contributed by atoms with Crippen LogP contribution in [0.25, 0.3) is 16.5 Å². The number of benzene rings is 3. The van der Waals surface area contributed by atoms with Gasteiger partial charge in [0.2, 0.25) is 15.9 Å². The summed E-state index contributed by atoms with van der Waals surface area (Å²) in [6.07, 6.45) is -0.964. The Labute approximate surface area is 232 Å². The number of aromatic hydroxyl groups is 1. The molecule has 4 aromatic rings. The van der Waals surface area contributed by atoms with Crippen LogP contribution in [0, 0.1) is 0 Å². The Bertz CT molecular complexity index is 1800. The van der Waals surface area contributed by atoms with E-state index < -0.39 is 33.2 Å². The van der Waals surface area contributed by atoms with Crippen molar-refractivity contribution in [1.82, 2.24) is 8.87 Å². The lowest BCUT2D eigenvalue weighted by Crippen LogP contribution is -2.35. The Hall–Kier alpha value is -3.67. The smallest absolute Gasteiger partial charge is 0.416 e. The van der Waals surface area contributed by atoms with Crippen molar-refractivity contribution in [2.75, 3.05) is 13.1 Å². The number of fused-ring (bicyclic) bond motifs is 1. The first-order valence-electron chi connectivity index (χ1n) is 12.4. The number of piperidine rings is 1. The van der Waals surface area contributed by atoms with Gasteiger partial charge in [-0.15, -0.1) is 0 Å². The number of hydrogen-bond acceptors (Lipinski definition) is 5. The SMILES string of the molecule is O=c1c2ccccc2c(C=Nc2ccc(Cl)c(S(=O)(=O)N3CCCCC3)c2)c(O)n1-c1cccc(C(F)(F)F)c1. The molecule has 1 fully saturated rings. The summed E-state index contributed by atoms with van der Waals surface area (Å²) in [5.41, 5.74) is -1.61. The van der Waals surface area contributed by atoms with E-state index in [0.717, 1.165) is 42.0 Å². The molecule has 1 saturated heterocycles. The van der Waals surface area contributed by atoms with Crippen LogP contribution in [0.5, 0.6) is 5.88 Å². The molecule has 0 atom stereocenters. The molecule has 1 N–H and O–H groups in total. The van der Waals surface area contributed by atoms with Crippen molar-refractivity contribution >= 4 is 44.3 Å². The maximum Gasteiger partial charge on any atom is 0.416 e. The molecule has 12 heteroatoms. The van der Waals surface area contributed by atoms with Gasteiger partial charge in [0.15, 0.2) is 0 Å². The van der Waals surface area contributed by atoms with Crippen molar-refractivity contribution in [3.63, 3.8) is 0 Å². The van der Waals surface area contributed by atoms with Gasteiger partial charge in [-0.2, -0.15) is 17.5 Å². The highest BCUT2D eigenvalue weighted by Crippen LogP contribution is 2.33. The number of hydrogen-bond donors (Lipinski definition) is 1. The molecule has 40 heavy (non-hydrogen) atoms. The zero-order valence-electron chi connectivity index (χ0n) is 20.9. The quantitative estimate of drug-likeness (QED) is 0.277. The van der Waals surface area contributed by atoms with Gasteiger partial charge >= 0.3 is 6.18 Å². The molecule has 0 unspecified atom stereocenters. The van der Waals surface area contributed by atoms with Crippen LogP contribution in [0.15, 0.2) is 81.4 Å². The molecule has 1 aliphatic heterocycles. The second-order valence-electron chi connectivity index (χ2n) is 9.31. The van der Waals surface area contributed by atoms with Gasteiger partial charge in [-0.05, 0) is 55.3 Å². The molecule has 1 aromatic heterocycles. The maximum atomic E-state index is 13.4. The lowest BCUT2D eigenvalue weighted by molar-refractivity contribution is -0.137. The molecular weight excluding hydrogens is 567 g/mol. The van der Waals surface area contributed by atoms with E-state index in [1.807, 2.05) is 0 Å². The summed E-state index contributed by atoms with van der Waals surface area (Å²) in [6, 6.07) is 14.6. The zero-order chi connectivity index (χ0) is 28.7. The van der Waals surface area contributed by atoms with Crippen molar-refractivity contribution in [3.05, 3.63) is 93.2 Å². The summed E-state index contributed by atoms with van der Waals surface area (Å²) in [7, 11) is -3.86. The van der Waals surface area contributed by atoms with Crippen molar-refractivity contribution < 1.29 is 26.7 Å². The van der Waals surface area contributed by atoms with Gasteiger partial charge in [0, 0.05) is 30.1 Å². The van der Waals surface area contributed by atoms with Gasteiger partial charge in [0.05, 0.1) is 27.5 Å². The minimum atomic E-state index is -4.66. The molecule has 0 aliphatic carbocycles. The average molecular weight is 590 g/mol. The normalized spacial score (nSPS) is 15.2. The third-order valence-corrected chi connectivity index (χ3v) is 9.11. The Morgan fingerprint density at radius 1 is 0.925 bits per heavy atom. The Morgan fingerprint density at radius 3 is 2.33 bits per heavy atom. The third-order valence-electron chi connectivity index (χ3n) is 6.73. The largest absolute Gasteiger partial charge is 0.494 e. The van der Waals surface area contributed by atoms with E-state index in [4.69, 9.17) is 11.6 Å². The number of nitrogens with zero attached hydrogens (tertiary/aromatic N) is 3. The predicted molar refractivity (Wildman–Crippen MR) is 148 cm³/mol. The number of alkyl halides is 3. The van der Waals surface area contributed by atoms with E-state index in [9.17, 15) is 31.5 Å². The number of sulfonamides is 1. The lowest BCUT2D eigenvalue weighted by atomic mass is 10.1. The van der Waals surface area contributed by atoms with Gasteiger partial charge in [-0.25, -0.2) is 13.0 Å². The number of aliphatic imine (C=N–C) groups is 1. The van der Waals surface area contributed by atoms with Crippen LogP contribution in [0.2, 0.25) is 5.02 Å². The van der Waals surface area contributed by atoms with Gasteiger partial charge < -0.3 is 5.11 Å². The molecule has 3 aromatic carbocycles. The van der Waals surface area contributed by atoms with Crippen LogP contribution in [-0.2, 0) is 16.2 Å². The average Bonchev–Trinajstić information content (AvgIpc) is 2.94. The Balaban J connectivity index is 1.63. The Morgan fingerprint density at radius 2 is 1.62 bits per heavy atom.